The van der Waals surface area contributed by atoms with Crippen LogP contribution in [0.25, 0.3) is 0 Å². The Morgan fingerprint density at radius 2 is 2.12 bits per heavy atom. The number of aryl methyl sites for hydroxylation is 2. The Morgan fingerprint density at radius 3 is 2.75 bits per heavy atom. The molecule has 0 aliphatic carbocycles. The van der Waals surface area contributed by atoms with Crippen molar-refractivity contribution in [1.82, 2.24) is 0 Å². The van der Waals surface area contributed by atoms with E-state index >= 15 is 0 Å². The van der Waals surface area contributed by atoms with E-state index < -0.39 is 0 Å². The van der Waals surface area contributed by atoms with Crippen molar-refractivity contribution in [2.24, 2.45) is 5.73 Å². The summed E-state index contributed by atoms with van der Waals surface area (Å²) < 4.78 is 5.01. The van der Waals surface area contributed by atoms with Gasteiger partial charge < -0.3 is 10.5 Å². The Labute approximate surface area is 103 Å². The molecule has 1 aromatic rings. The molecule has 1 atom stereocenters. The lowest BCUT2D eigenvalue weighted by Crippen LogP contribution is -2.15. The van der Waals surface area contributed by atoms with Gasteiger partial charge in [-0.1, -0.05) is 23.8 Å². The van der Waals surface area contributed by atoms with E-state index in [2.05, 4.69) is 32.0 Å². The van der Waals surface area contributed by atoms with E-state index in [-0.39, 0.29) is 6.04 Å². The molecule has 0 saturated heterocycles. The molecule has 0 spiro atoms. The van der Waals surface area contributed by atoms with Crippen LogP contribution in [0, 0.1) is 13.8 Å². The van der Waals surface area contributed by atoms with Crippen LogP contribution in [0.15, 0.2) is 18.2 Å². The van der Waals surface area contributed by atoms with Gasteiger partial charge in [0.1, 0.15) is 0 Å². The summed E-state index contributed by atoms with van der Waals surface area (Å²) >= 11 is 1.84. The molecule has 0 bridgehead atoms. The van der Waals surface area contributed by atoms with Crippen molar-refractivity contribution in [2.75, 3.05) is 25.2 Å². The quantitative estimate of drug-likeness (QED) is 0.775. The molecule has 1 aromatic carbocycles. The van der Waals surface area contributed by atoms with Crippen molar-refractivity contribution in [3.63, 3.8) is 0 Å². The van der Waals surface area contributed by atoms with Crippen molar-refractivity contribution in [3.8, 4) is 0 Å². The maximum atomic E-state index is 6.17. The third-order valence-electron chi connectivity index (χ3n) is 2.55. The number of hydrogen-bond acceptors (Lipinski definition) is 3. The Bertz CT molecular complexity index is 328. The molecule has 16 heavy (non-hydrogen) atoms. The zero-order valence-electron chi connectivity index (χ0n) is 10.3. The smallest absolute Gasteiger partial charge is 0.0552 e. The van der Waals surface area contributed by atoms with Crippen LogP contribution in [-0.2, 0) is 4.74 Å². The van der Waals surface area contributed by atoms with Crippen LogP contribution in [-0.4, -0.2) is 25.2 Å². The van der Waals surface area contributed by atoms with Crippen LogP contribution in [0.5, 0.6) is 0 Å². The summed E-state index contributed by atoms with van der Waals surface area (Å²) in [6.07, 6.45) is 0. The Morgan fingerprint density at radius 1 is 1.38 bits per heavy atom. The average Bonchev–Trinajstić information content (AvgIpc) is 2.24. The Hall–Kier alpha value is -0.510. The second-order valence-corrected chi connectivity index (χ2v) is 5.18. The standard InChI is InChI=1S/C13H21NOS/c1-10-4-5-12(11(2)8-10)13(14)9-16-7-6-15-3/h4-5,8,13H,6-7,9,14H2,1-3H3. The summed E-state index contributed by atoms with van der Waals surface area (Å²) in [7, 11) is 1.73. The van der Waals surface area contributed by atoms with Gasteiger partial charge in [0.25, 0.3) is 0 Å². The van der Waals surface area contributed by atoms with Crippen LogP contribution in [0.2, 0.25) is 0 Å². The first-order chi connectivity index (χ1) is 7.65. The van der Waals surface area contributed by atoms with Crippen molar-refractivity contribution in [3.05, 3.63) is 34.9 Å². The highest BCUT2D eigenvalue weighted by Gasteiger charge is 2.08. The number of methoxy groups -OCH3 is 1. The molecule has 0 radical (unpaired) electrons. The van der Waals surface area contributed by atoms with Crippen molar-refractivity contribution < 1.29 is 4.74 Å². The lowest BCUT2D eigenvalue weighted by molar-refractivity contribution is 0.218. The fraction of sp³-hybridized carbons (Fsp3) is 0.538. The molecule has 1 rings (SSSR count). The first kappa shape index (κ1) is 13.6. The Kier molecular flexibility index (Phi) is 5.88. The van der Waals surface area contributed by atoms with E-state index in [9.17, 15) is 0 Å². The van der Waals surface area contributed by atoms with Gasteiger partial charge in [-0.25, -0.2) is 0 Å². The van der Waals surface area contributed by atoms with Crippen LogP contribution in [0.4, 0.5) is 0 Å². The van der Waals surface area contributed by atoms with Crippen LogP contribution >= 0.6 is 11.8 Å². The summed E-state index contributed by atoms with van der Waals surface area (Å²) in [6.45, 7) is 5.03. The van der Waals surface area contributed by atoms with E-state index in [1.165, 1.54) is 16.7 Å². The summed E-state index contributed by atoms with van der Waals surface area (Å²) in [6, 6.07) is 6.59. The fourth-order valence-electron chi connectivity index (χ4n) is 1.68. The minimum Gasteiger partial charge on any atom is -0.384 e. The van der Waals surface area contributed by atoms with Crippen LogP contribution in [0.3, 0.4) is 0 Å². The topological polar surface area (TPSA) is 35.2 Å². The lowest BCUT2D eigenvalue weighted by Gasteiger charge is -2.14. The summed E-state index contributed by atoms with van der Waals surface area (Å²) in [5.41, 5.74) is 10.0. The van der Waals surface area contributed by atoms with E-state index in [0.29, 0.717) is 0 Å². The molecular weight excluding hydrogens is 218 g/mol. The molecule has 0 aliphatic heterocycles. The molecular formula is C13H21NOS. The highest BCUT2D eigenvalue weighted by molar-refractivity contribution is 7.99. The number of rotatable bonds is 6. The zero-order valence-corrected chi connectivity index (χ0v) is 11.1. The van der Waals surface area contributed by atoms with E-state index in [1.807, 2.05) is 11.8 Å². The molecule has 0 amide bonds. The van der Waals surface area contributed by atoms with Gasteiger partial charge in [-0.2, -0.15) is 11.8 Å². The van der Waals surface area contributed by atoms with Crippen LogP contribution in [0.1, 0.15) is 22.7 Å². The maximum Gasteiger partial charge on any atom is 0.0552 e. The summed E-state index contributed by atoms with van der Waals surface area (Å²) in [5.74, 6) is 1.96. The SMILES string of the molecule is COCCSCC(N)c1ccc(C)cc1C. The zero-order chi connectivity index (χ0) is 12.0. The van der Waals surface area contributed by atoms with E-state index in [0.717, 1.165) is 18.1 Å². The van der Waals surface area contributed by atoms with Crippen molar-refractivity contribution in [1.29, 1.82) is 0 Å². The van der Waals surface area contributed by atoms with Gasteiger partial charge in [-0.3, -0.25) is 0 Å². The van der Waals surface area contributed by atoms with Gasteiger partial charge in [0, 0.05) is 24.7 Å². The first-order valence-electron chi connectivity index (χ1n) is 5.54. The van der Waals surface area contributed by atoms with E-state index in [1.54, 1.807) is 7.11 Å². The Balaban J connectivity index is 2.49. The number of thioether (sulfide) groups is 1. The van der Waals surface area contributed by atoms with Gasteiger partial charge in [-0.05, 0) is 25.0 Å². The van der Waals surface area contributed by atoms with Gasteiger partial charge in [0.05, 0.1) is 6.61 Å². The second-order valence-electron chi connectivity index (χ2n) is 4.03. The summed E-state index contributed by atoms with van der Waals surface area (Å²) in [4.78, 5) is 0. The predicted octanol–water partition coefficient (Wildman–Crippen LogP) is 2.68. The minimum atomic E-state index is 0.127. The number of nitrogens with two attached hydrogens (primary N) is 1. The van der Waals surface area contributed by atoms with Crippen molar-refractivity contribution >= 4 is 11.8 Å². The van der Waals surface area contributed by atoms with Crippen LogP contribution < -0.4 is 5.73 Å². The number of ether oxygens (including phenoxy) is 1. The molecule has 0 fully saturated rings. The molecule has 2 nitrogen and oxygen atoms in total. The highest BCUT2D eigenvalue weighted by Crippen LogP contribution is 2.20. The molecule has 90 valence electrons. The largest absolute Gasteiger partial charge is 0.384 e. The number of benzene rings is 1. The monoisotopic (exact) mass is 239 g/mol. The van der Waals surface area contributed by atoms with Crippen molar-refractivity contribution in [2.45, 2.75) is 19.9 Å². The molecule has 0 saturated carbocycles. The molecule has 3 heteroatoms. The minimum absolute atomic E-state index is 0.127. The fourth-order valence-corrected chi connectivity index (χ4v) is 2.57. The molecule has 0 aliphatic rings. The third kappa shape index (κ3) is 4.16. The third-order valence-corrected chi connectivity index (χ3v) is 3.60. The normalized spacial score (nSPS) is 12.8. The van der Waals surface area contributed by atoms with Gasteiger partial charge >= 0.3 is 0 Å². The lowest BCUT2D eigenvalue weighted by atomic mass is 10.0. The molecule has 0 aromatic heterocycles. The molecule has 2 N–H and O–H groups in total. The average molecular weight is 239 g/mol. The first-order valence-corrected chi connectivity index (χ1v) is 6.70. The second kappa shape index (κ2) is 6.94. The van der Waals surface area contributed by atoms with Gasteiger partial charge in [-0.15, -0.1) is 0 Å². The van der Waals surface area contributed by atoms with E-state index in [4.69, 9.17) is 10.5 Å². The van der Waals surface area contributed by atoms with Gasteiger partial charge in [0.15, 0.2) is 0 Å². The molecule has 0 heterocycles. The van der Waals surface area contributed by atoms with Gasteiger partial charge in [0.2, 0.25) is 0 Å². The molecule has 1 unspecified atom stereocenters. The predicted molar refractivity (Wildman–Crippen MR) is 72.0 cm³/mol. The summed E-state index contributed by atoms with van der Waals surface area (Å²) in [5, 5.41) is 0. The highest BCUT2D eigenvalue weighted by atomic mass is 32.2. The number of hydrogen-bond donors (Lipinski definition) is 1. The maximum absolute atomic E-state index is 6.17.